The van der Waals surface area contributed by atoms with Crippen molar-refractivity contribution in [2.45, 2.75) is 23.2 Å². The summed E-state index contributed by atoms with van der Waals surface area (Å²) in [5.41, 5.74) is 0.514. The molecule has 3 nitrogen and oxygen atoms in total. The van der Waals surface area contributed by atoms with Crippen LogP contribution in [0, 0.1) is 5.82 Å². The third kappa shape index (κ3) is 2.89. The van der Waals surface area contributed by atoms with Crippen LogP contribution < -0.4 is 0 Å². The van der Waals surface area contributed by atoms with E-state index in [1.807, 2.05) is 0 Å². The molecule has 2 aromatic carbocycles. The van der Waals surface area contributed by atoms with Gasteiger partial charge in [-0.2, -0.15) is 0 Å². The Morgan fingerprint density at radius 2 is 1.70 bits per heavy atom. The number of hydrogen-bond acceptors (Lipinski definition) is 3. The van der Waals surface area contributed by atoms with Gasteiger partial charge in [-0.05, 0) is 30.7 Å². The van der Waals surface area contributed by atoms with E-state index in [4.69, 9.17) is 0 Å². The first kappa shape index (κ1) is 14.7. The second-order valence-corrected chi connectivity index (χ2v) is 6.87. The first-order valence-electron chi connectivity index (χ1n) is 6.15. The zero-order chi connectivity index (χ0) is 14.8. The zero-order valence-corrected chi connectivity index (χ0v) is 11.7. The maximum Gasteiger partial charge on any atom is 0.183 e. The van der Waals surface area contributed by atoms with Crippen LogP contribution in [0.25, 0.3) is 0 Å². The van der Waals surface area contributed by atoms with E-state index in [0.717, 1.165) is 6.07 Å². The molecule has 0 heterocycles. The first-order valence-corrected chi connectivity index (χ1v) is 7.70. The summed E-state index contributed by atoms with van der Waals surface area (Å²) in [5.74, 6) is -0.618. The molecule has 0 saturated heterocycles. The van der Waals surface area contributed by atoms with Crippen LogP contribution in [0.3, 0.4) is 0 Å². The van der Waals surface area contributed by atoms with E-state index in [1.165, 1.54) is 25.1 Å². The topological polar surface area (TPSA) is 54.4 Å². The second kappa shape index (κ2) is 5.73. The van der Waals surface area contributed by atoms with Crippen LogP contribution in [-0.2, 0) is 9.84 Å². The van der Waals surface area contributed by atoms with Gasteiger partial charge in [0.15, 0.2) is 9.84 Å². The minimum Gasteiger partial charge on any atom is -0.387 e. The van der Waals surface area contributed by atoms with Gasteiger partial charge >= 0.3 is 0 Å². The second-order valence-electron chi connectivity index (χ2n) is 4.56. The van der Waals surface area contributed by atoms with Crippen molar-refractivity contribution in [2.24, 2.45) is 0 Å². The van der Waals surface area contributed by atoms with Gasteiger partial charge in [-0.1, -0.05) is 36.4 Å². The highest BCUT2D eigenvalue weighted by molar-refractivity contribution is 7.92. The maximum absolute atomic E-state index is 13.2. The Hall–Kier alpha value is -1.72. The Morgan fingerprint density at radius 1 is 1.05 bits per heavy atom. The van der Waals surface area contributed by atoms with Crippen molar-refractivity contribution < 1.29 is 17.9 Å². The van der Waals surface area contributed by atoms with Gasteiger partial charge in [-0.25, -0.2) is 12.8 Å². The van der Waals surface area contributed by atoms with Crippen molar-refractivity contribution in [1.29, 1.82) is 0 Å². The van der Waals surface area contributed by atoms with Gasteiger partial charge in [-0.15, -0.1) is 0 Å². The Labute approximate surface area is 117 Å². The Balaban J connectivity index is 2.35. The normalized spacial score (nSPS) is 14.8. The lowest BCUT2D eigenvalue weighted by molar-refractivity contribution is 0.176. The van der Waals surface area contributed by atoms with Gasteiger partial charge in [0, 0.05) is 0 Å². The van der Waals surface area contributed by atoms with Gasteiger partial charge in [0.05, 0.1) is 16.2 Å². The molecule has 106 valence electrons. The summed E-state index contributed by atoms with van der Waals surface area (Å²) in [5, 5.41) is 9.12. The first-order chi connectivity index (χ1) is 9.43. The molecule has 0 radical (unpaired) electrons. The van der Waals surface area contributed by atoms with E-state index in [1.54, 1.807) is 30.3 Å². The predicted molar refractivity (Wildman–Crippen MR) is 74.4 cm³/mol. The SMILES string of the molecule is CC(C(O)c1ccccc1)S(=O)(=O)c1cccc(F)c1. The minimum absolute atomic E-state index is 0.125. The lowest BCUT2D eigenvalue weighted by Gasteiger charge is -2.19. The van der Waals surface area contributed by atoms with E-state index in [2.05, 4.69) is 0 Å². The monoisotopic (exact) mass is 294 g/mol. The Kier molecular flexibility index (Phi) is 4.20. The van der Waals surface area contributed by atoms with Crippen molar-refractivity contribution in [1.82, 2.24) is 0 Å². The summed E-state index contributed by atoms with van der Waals surface area (Å²) in [4.78, 5) is -0.125. The van der Waals surface area contributed by atoms with Crippen LogP contribution in [-0.4, -0.2) is 18.8 Å². The molecule has 1 N–H and O–H groups in total. The summed E-state index contributed by atoms with van der Waals surface area (Å²) in [6, 6.07) is 13.3. The highest BCUT2D eigenvalue weighted by atomic mass is 32.2. The molecule has 0 bridgehead atoms. The zero-order valence-electron chi connectivity index (χ0n) is 10.9. The number of aliphatic hydroxyl groups excluding tert-OH is 1. The number of aliphatic hydroxyl groups is 1. The molecule has 0 aliphatic rings. The number of hydrogen-bond donors (Lipinski definition) is 1. The third-order valence-electron chi connectivity index (χ3n) is 3.20. The Morgan fingerprint density at radius 3 is 2.30 bits per heavy atom. The fraction of sp³-hybridized carbons (Fsp3) is 0.200. The van der Waals surface area contributed by atoms with E-state index in [-0.39, 0.29) is 4.90 Å². The summed E-state index contributed by atoms with van der Waals surface area (Å²) in [6.45, 7) is 1.41. The molecule has 0 fully saturated rings. The van der Waals surface area contributed by atoms with Crippen LogP contribution in [0.2, 0.25) is 0 Å². The van der Waals surface area contributed by atoms with Crippen molar-refractivity contribution in [3.8, 4) is 0 Å². The van der Waals surface area contributed by atoms with Gasteiger partial charge in [0.1, 0.15) is 5.82 Å². The average molecular weight is 294 g/mol. The number of sulfone groups is 1. The average Bonchev–Trinajstić information content (AvgIpc) is 2.46. The smallest absolute Gasteiger partial charge is 0.183 e. The highest BCUT2D eigenvalue weighted by Crippen LogP contribution is 2.27. The van der Waals surface area contributed by atoms with E-state index < -0.39 is 27.0 Å². The van der Waals surface area contributed by atoms with Crippen molar-refractivity contribution in [3.05, 3.63) is 66.0 Å². The standard InChI is InChI=1S/C15H15FO3S/c1-11(15(17)12-6-3-2-4-7-12)20(18,19)14-9-5-8-13(16)10-14/h2-11,15,17H,1H3. The van der Waals surface area contributed by atoms with Crippen molar-refractivity contribution >= 4 is 9.84 Å². The molecule has 20 heavy (non-hydrogen) atoms. The third-order valence-corrected chi connectivity index (χ3v) is 5.35. The fourth-order valence-corrected chi connectivity index (χ4v) is 3.42. The van der Waals surface area contributed by atoms with Crippen LogP contribution in [0.5, 0.6) is 0 Å². The Bertz CT molecular complexity index is 683. The van der Waals surface area contributed by atoms with E-state index in [9.17, 15) is 17.9 Å². The van der Waals surface area contributed by atoms with Gasteiger partial charge in [0.2, 0.25) is 0 Å². The molecule has 0 spiro atoms. The van der Waals surface area contributed by atoms with Crippen LogP contribution in [0.4, 0.5) is 4.39 Å². The van der Waals surface area contributed by atoms with E-state index in [0.29, 0.717) is 5.56 Å². The summed E-state index contributed by atoms with van der Waals surface area (Å²) < 4.78 is 37.9. The lowest BCUT2D eigenvalue weighted by Crippen LogP contribution is -2.25. The molecule has 0 aromatic heterocycles. The fourth-order valence-electron chi connectivity index (χ4n) is 1.95. The number of benzene rings is 2. The van der Waals surface area contributed by atoms with Crippen molar-refractivity contribution in [2.75, 3.05) is 0 Å². The molecule has 2 aromatic rings. The summed E-state index contributed by atoms with van der Waals surface area (Å²) in [6.07, 6.45) is -1.16. The van der Waals surface area contributed by atoms with E-state index >= 15 is 0 Å². The quantitative estimate of drug-likeness (QED) is 0.943. The molecule has 2 atom stereocenters. The largest absolute Gasteiger partial charge is 0.387 e. The van der Waals surface area contributed by atoms with Gasteiger partial charge < -0.3 is 5.11 Å². The molecule has 0 aliphatic heterocycles. The van der Waals surface area contributed by atoms with Crippen LogP contribution in [0.15, 0.2) is 59.5 Å². The minimum atomic E-state index is -3.80. The molecule has 0 amide bonds. The summed E-state index contributed by atoms with van der Waals surface area (Å²) in [7, 11) is -3.80. The lowest BCUT2D eigenvalue weighted by atomic mass is 10.1. The number of halogens is 1. The molecule has 5 heteroatoms. The van der Waals surface area contributed by atoms with Gasteiger partial charge in [0.25, 0.3) is 0 Å². The molecule has 0 saturated carbocycles. The maximum atomic E-state index is 13.2. The summed E-state index contributed by atoms with van der Waals surface area (Å²) >= 11 is 0. The molecule has 2 rings (SSSR count). The van der Waals surface area contributed by atoms with Crippen LogP contribution >= 0.6 is 0 Å². The molecular weight excluding hydrogens is 279 g/mol. The molecule has 0 aliphatic carbocycles. The predicted octanol–water partition coefficient (Wildman–Crippen LogP) is 2.72. The van der Waals surface area contributed by atoms with Gasteiger partial charge in [-0.3, -0.25) is 0 Å². The van der Waals surface area contributed by atoms with Crippen molar-refractivity contribution in [3.63, 3.8) is 0 Å². The number of rotatable bonds is 4. The molecular formula is C15H15FO3S. The van der Waals surface area contributed by atoms with Crippen LogP contribution in [0.1, 0.15) is 18.6 Å². The highest BCUT2D eigenvalue weighted by Gasteiger charge is 2.30. The molecule has 2 unspecified atom stereocenters.